The molecule has 0 spiro atoms. The van der Waals surface area contributed by atoms with E-state index in [9.17, 15) is 9.59 Å². The fourth-order valence-electron chi connectivity index (χ4n) is 2.96. The molecule has 1 amide bonds. The summed E-state index contributed by atoms with van der Waals surface area (Å²) in [6.45, 7) is 2.28. The maximum absolute atomic E-state index is 12.0. The van der Waals surface area contributed by atoms with Crippen LogP contribution in [0, 0.1) is 11.3 Å². The summed E-state index contributed by atoms with van der Waals surface area (Å²) in [5, 5.41) is 3.15. The molecule has 0 saturated heterocycles. The van der Waals surface area contributed by atoms with Gasteiger partial charge in [-0.1, -0.05) is 6.92 Å². The van der Waals surface area contributed by atoms with Crippen LogP contribution < -0.4 is 5.32 Å². The predicted molar refractivity (Wildman–Crippen MR) is 85.2 cm³/mol. The molecule has 2 saturated carbocycles. The Balaban J connectivity index is 1.60. The van der Waals surface area contributed by atoms with Crippen molar-refractivity contribution in [1.29, 1.82) is 0 Å². The van der Waals surface area contributed by atoms with Gasteiger partial charge in [0.15, 0.2) is 0 Å². The Bertz CT molecular complexity index is 374. The lowest BCUT2D eigenvalue weighted by atomic mass is 9.87. The third kappa shape index (κ3) is 5.53. The van der Waals surface area contributed by atoms with Crippen molar-refractivity contribution >= 4 is 23.6 Å². The van der Waals surface area contributed by atoms with Crippen molar-refractivity contribution in [3.63, 3.8) is 0 Å². The fourth-order valence-corrected chi connectivity index (χ4v) is 4.16. The van der Waals surface area contributed by atoms with Crippen molar-refractivity contribution in [2.75, 3.05) is 18.6 Å². The number of ether oxygens (including phenoxy) is 1. The summed E-state index contributed by atoms with van der Waals surface area (Å²) in [6, 6.07) is 0.374. The molecule has 2 fully saturated rings. The van der Waals surface area contributed by atoms with Gasteiger partial charge < -0.3 is 10.1 Å². The number of thioether (sulfide) groups is 1. The highest BCUT2D eigenvalue weighted by Crippen LogP contribution is 2.51. The van der Waals surface area contributed by atoms with Crippen LogP contribution in [-0.4, -0.2) is 36.5 Å². The molecule has 0 aromatic carbocycles. The topological polar surface area (TPSA) is 55.4 Å². The zero-order chi connectivity index (χ0) is 15.3. The molecule has 0 bridgehead atoms. The van der Waals surface area contributed by atoms with Crippen molar-refractivity contribution in [3.8, 4) is 0 Å². The van der Waals surface area contributed by atoms with Crippen molar-refractivity contribution in [3.05, 3.63) is 0 Å². The third-order valence-electron chi connectivity index (χ3n) is 4.73. The first-order valence-electron chi connectivity index (χ1n) is 7.97. The number of hydrogen-bond acceptors (Lipinski definition) is 4. The molecule has 2 aliphatic carbocycles. The van der Waals surface area contributed by atoms with Crippen molar-refractivity contribution < 1.29 is 14.3 Å². The number of hydrogen-bond donors (Lipinski definition) is 1. The standard InChI is InChI=1S/C16H27NO3S/c1-12-3-5-13(6-4-12)17-14(18)10-21-11-16(7-8-16)9-15(19)20-2/h12-13H,3-11H2,1-2H3,(H,17,18). The van der Waals surface area contributed by atoms with E-state index in [1.165, 1.54) is 20.0 Å². The SMILES string of the molecule is COC(=O)CC1(CSCC(=O)NC2CCC(C)CC2)CC1. The molecule has 0 heterocycles. The molecular weight excluding hydrogens is 286 g/mol. The first-order chi connectivity index (χ1) is 10.0. The summed E-state index contributed by atoms with van der Waals surface area (Å²) >= 11 is 1.65. The molecule has 0 unspecified atom stereocenters. The molecule has 2 rings (SSSR count). The highest BCUT2D eigenvalue weighted by Gasteiger charge is 2.44. The van der Waals surface area contributed by atoms with E-state index in [0.29, 0.717) is 18.2 Å². The maximum Gasteiger partial charge on any atom is 0.306 e. The molecule has 5 heteroatoms. The maximum atomic E-state index is 12.0. The van der Waals surface area contributed by atoms with Gasteiger partial charge in [0, 0.05) is 6.04 Å². The van der Waals surface area contributed by atoms with E-state index < -0.39 is 0 Å². The van der Waals surface area contributed by atoms with E-state index in [1.807, 2.05) is 0 Å². The van der Waals surface area contributed by atoms with Gasteiger partial charge in [-0.25, -0.2) is 0 Å². The molecule has 120 valence electrons. The second kappa shape index (κ2) is 7.52. The summed E-state index contributed by atoms with van der Waals surface area (Å²) in [4.78, 5) is 23.3. The van der Waals surface area contributed by atoms with Crippen LogP contribution in [0.4, 0.5) is 0 Å². The summed E-state index contributed by atoms with van der Waals surface area (Å²) in [5.74, 6) is 2.22. The summed E-state index contributed by atoms with van der Waals surface area (Å²) in [6.07, 6.45) is 7.33. The highest BCUT2D eigenvalue weighted by atomic mass is 32.2. The second-order valence-electron chi connectivity index (χ2n) is 6.77. The number of amides is 1. The van der Waals surface area contributed by atoms with Crippen LogP contribution in [0.25, 0.3) is 0 Å². The lowest BCUT2D eigenvalue weighted by Crippen LogP contribution is -2.38. The van der Waals surface area contributed by atoms with Gasteiger partial charge >= 0.3 is 5.97 Å². The average molecular weight is 313 g/mol. The first-order valence-corrected chi connectivity index (χ1v) is 9.12. The quantitative estimate of drug-likeness (QED) is 0.734. The van der Waals surface area contributed by atoms with Gasteiger partial charge in [0.1, 0.15) is 0 Å². The second-order valence-corrected chi connectivity index (χ2v) is 7.76. The molecule has 21 heavy (non-hydrogen) atoms. The van der Waals surface area contributed by atoms with E-state index >= 15 is 0 Å². The summed E-state index contributed by atoms with van der Waals surface area (Å²) in [7, 11) is 1.43. The van der Waals surface area contributed by atoms with E-state index in [0.717, 1.165) is 37.4 Å². The van der Waals surface area contributed by atoms with Crippen LogP contribution in [0.2, 0.25) is 0 Å². The van der Waals surface area contributed by atoms with Crippen molar-refractivity contribution in [2.45, 2.75) is 57.9 Å². The Morgan fingerprint density at radius 3 is 2.48 bits per heavy atom. The minimum absolute atomic E-state index is 0.109. The van der Waals surface area contributed by atoms with Gasteiger partial charge in [0.05, 0.1) is 19.3 Å². The van der Waals surface area contributed by atoms with E-state index in [2.05, 4.69) is 12.2 Å². The van der Waals surface area contributed by atoms with Crippen LogP contribution in [0.3, 0.4) is 0 Å². The number of nitrogens with one attached hydrogen (secondary N) is 1. The molecule has 1 N–H and O–H groups in total. The van der Waals surface area contributed by atoms with Gasteiger partial charge in [-0.05, 0) is 55.6 Å². The molecule has 2 aliphatic rings. The summed E-state index contributed by atoms with van der Waals surface area (Å²) in [5.41, 5.74) is 0.109. The Kier molecular flexibility index (Phi) is 5.97. The fraction of sp³-hybridized carbons (Fsp3) is 0.875. The number of methoxy groups -OCH3 is 1. The molecule has 0 radical (unpaired) electrons. The molecular formula is C16H27NO3S. The van der Waals surface area contributed by atoms with Crippen LogP contribution in [0.15, 0.2) is 0 Å². The highest BCUT2D eigenvalue weighted by molar-refractivity contribution is 7.99. The van der Waals surface area contributed by atoms with E-state index in [4.69, 9.17) is 4.74 Å². The van der Waals surface area contributed by atoms with E-state index in [-0.39, 0.29) is 17.3 Å². The van der Waals surface area contributed by atoms with Crippen LogP contribution in [0.5, 0.6) is 0 Å². The van der Waals surface area contributed by atoms with Gasteiger partial charge in [-0.2, -0.15) is 11.8 Å². The normalized spacial score (nSPS) is 27.0. The van der Waals surface area contributed by atoms with Crippen molar-refractivity contribution in [1.82, 2.24) is 5.32 Å². The number of carbonyl (C=O) groups is 2. The van der Waals surface area contributed by atoms with Gasteiger partial charge in [0.25, 0.3) is 0 Å². The molecule has 0 atom stereocenters. The van der Waals surface area contributed by atoms with Gasteiger partial charge in [0.2, 0.25) is 5.91 Å². The molecule has 4 nitrogen and oxygen atoms in total. The predicted octanol–water partition coefficient (Wildman–Crippen LogP) is 2.76. The lowest BCUT2D eigenvalue weighted by molar-refractivity contribution is -0.141. The number of carbonyl (C=O) groups excluding carboxylic acids is 2. The molecule has 0 aromatic heterocycles. The lowest BCUT2D eigenvalue weighted by Gasteiger charge is -2.26. The number of esters is 1. The Labute approximate surface area is 131 Å². The number of rotatable bonds is 7. The zero-order valence-corrected chi connectivity index (χ0v) is 14.0. The average Bonchev–Trinajstić information content (AvgIpc) is 3.21. The minimum atomic E-state index is -0.131. The Hall–Kier alpha value is -0.710. The molecule has 0 aliphatic heterocycles. The smallest absolute Gasteiger partial charge is 0.306 e. The van der Waals surface area contributed by atoms with Gasteiger partial charge in [-0.15, -0.1) is 0 Å². The summed E-state index contributed by atoms with van der Waals surface area (Å²) < 4.78 is 4.74. The Morgan fingerprint density at radius 1 is 1.24 bits per heavy atom. The monoisotopic (exact) mass is 313 g/mol. The first kappa shape index (κ1) is 16.7. The van der Waals surface area contributed by atoms with Gasteiger partial charge in [-0.3, -0.25) is 9.59 Å². The van der Waals surface area contributed by atoms with Crippen LogP contribution in [-0.2, 0) is 14.3 Å². The Morgan fingerprint density at radius 2 is 1.90 bits per heavy atom. The van der Waals surface area contributed by atoms with E-state index in [1.54, 1.807) is 11.8 Å². The third-order valence-corrected chi connectivity index (χ3v) is 6.01. The minimum Gasteiger partial charge on any atom is -0.469 e. The zero-order valence-electron chi connectivity index (χ0n) is 13.2. The molecule has 0 aromatic rings. The van der Waals surface area contributed by atoms with Crippen LogP contribution in [0.1, 0.15) is 51.9 Å². The van der Waals surface area contributed by atoms with Crippen LogP contribution >= 0.6 is 11.8 Å². The van der Waals surface area contributed by atoms with Crippen molar-refractivity contribution in [2.24, 2.45) is 11.3 Å². The largest absolute Gasteiger partial charge is 0.469 e.